The van der Waals surface area contributed by atoms with Crippen LogP contribution >= 0.6 is 0 Å². The largest absolute Gasteiger partial charge is 0.461 e. The van der Waals surface area contributed by atoms with Crippen molar-refractivity contribution in [1.29, 1.82) is 0 Å². The fourth-order valence-electron chi connectivity index (χ4n) is 1.75. The van der Waals surface area contributed by atoms with Gasteiger partial charge in [-0.2, -0.15) is 27.1 Å². The predicted molar refractivity (Wildman–Crippen MR) is 94.5 cm³/mol. The number of sulfonamides is 1. The Morgan fingerprint density at radius 2 is 1.85 bits per heavy atom. The quantitative estimate of drug-likeness (QED) is 0.321. The van der Waals surface area contributed by atoms with Crippen molar-refractivity contribution in [1.82, 2.24) is 4.83 Å². The topological polar surface area (TPSA) is 84.8 Å². The zero-order valence-corrected chi connectivity index (χ0v) is 15.9. The lowest BCUT2D eigenvalue weighted by molar-refractivity contribution is -0.137. The molecule has 0 aliphatic rings. The molecule has 1 rings (SSSR count). The van der Waals surface area contributed by atoms with Gasteiger partial charge in [0.05, 0.1) is 16.9 Å². The highest BCUT2D eigenvalue weighted by molar-refractivity contribution is 7.89. The molecule has 0 heterocycles. The summed E-state index contributed by atoms with van der Waals surface area (Å²) in [5.74, 6) is -5.24. The molecule has 0 atom stereocenters. The van der Waals surface area contributed by atoms with Crippen LogP contribution in [0.3, 0.4) is 0 Å². The molecule has 0 amide bonds. The van der Waals surface area contributed by atoms with E-state index in [4.69, 9.17) is 0 Å². The first kappa shape index (κ1) is 21.8. The number of hydrogen-bond acceptors (Lipinski definition) is 5. The number of allylic oxidation sites excluding steroid dienone is 1. The average Bonchev–Trinajstić information content (AvgIpc) is 2.55. The molecule has 1 aromatic rings. The molecule has 26 heavy (non-hydrogen) atoms. The van der Waals surface area contributed by atoms with Crippen molar-refractivity contribution in [2.24, 2.45) is 10.5 Å². The first-order chi connectivity index (χ1) is 11.9. The van der Waals surface area contributed by atoms with E-state index in [-0.39, 0.29) is 11.5 Å². The van der Waals surface area contributed by atoms with E-state index in [1.54, 1.807) is 23.9 Å². The summed E-state index contributed by atoms with van der Waals surface area (Å²) in [6.07, 6.45) is 0.955. The van der Waals surface area contributed by atoms with Crippen LogP contribution in [-0.4, -0.2) is 32.6 Å². The van der Waals surface area contributed by atoms with E-state index in [2.05, 4.69) is 16.4 Å². The standard InChI is InChI=1S/C17H22F2N2O4S/c1-6-16(4,5)17(18,19)14(15(22)25-7-2)20-21-26(23,24)13-10-8-12(3)9-11-13/h6,8-11,21H,1,7H2,2-5H3/b20-14-. The highest BCUT2D eigenvalue weighted by Gasteiger charge is 2.53. The Morgan fingerprint density at radius 3 is 2.31 bits per heavy atom. The van der Waals surface area contributed by atoms with E-state index >= 15 is 0 Å². The predicted octanol–water partition coefficient (Wildman–Crippen LogP) is 3.04. The number of alkyl halides is 2. The number of benzene rings is 1. The van der Waals surface area contributed by atoms with E-state index in [9.17, 15) is 22.0 Å². The van der Waals surface area contributed by atoms with Gasteiger partial charge in [-0.3, -0.25) is 0 Å². The van der Waals surface area contributed by atoms with Crippen molar-refractivity contribution >= 4 is 21.7 Å². The van der Waals surface area contributed by atoms with E-state index in [0.29, 0.717) is 0 Å². The number of ether oxygens (including phenoxy) is 1. The number of aryl methyl sites for hydroxylation is 1. The van der Waals surface area contributed by atoms with Gasteiger partial charge < -0.3 is 4.74 Å². The summed E-state index contributed by atoms with van der Waals surface area (Å²) in [7, 11) is -4.24. The van der Waals surface area contributed by atoms with Gasteiger partial charge in [-0.1, -0.05) is 37.6 Å². The summed E-state index contributed by atoms with van der Waals surface area (Å²) >= 11 is 0. The van der Waals surface area contributed by atoms with Gasteiger partial charge in [-0.15, -0.1) is 6.58 Å². The molecule has 144 valence electrons. The van der Waals surface area contributed by atoms with Crippen molar-refractivity contribution in [3.05, 3.63) is 42.5 Å². The molecule has 0 bridgehead atoms. The molecule has 9 heteroatoms. The van der Waals surface area contributed by atoms with Crippen LogP contribution in [0.1, 0.15) is 26.3 Å². The van der Waals surface area contributed by atoms with Gasteiger partial charge in [0.25, 0.3) is 10.0 Å². The zero-order chi connectivity index (χ0) is 20.2. The van der Waals surface area contributed by atoms with Gasteiger partial charge >= 0.3 is 11.9 Å². The highest BCUT2D eigenvalue weighted by atomic mass is 32.2. The van der Waals surface area contributed by atoms with Gasteiger partial charge in [0, 0.05) is 0 Å². The van der Waals surface area contributed by atoms with E-state index in [0.717, 1.165) is 25.5 Å². The molecule has 0 spiro atoms. The molecule has 0 aliphatic heterocycles. The Labute approximate surface area is 152 Å². The number of hydrogen-bond donors (Lipinski definition) is 1. The fourth-order valence-corrected chi connectivity index (χ4v) is 2.56. The van der Waals surface area contributed by atoms with Crippen LogP contribution in [0.2, 0.25) is 0 Å². The third-order valence-electron chi connectivity index (χ3n) is 3.69. The van der Waals surface area contributed by atoms with Crippen molar-refractivity contribution in [3.63, 3.8) is 0 Å². The number of halogens is 2. The number of nitrogens with one attached hydrogen (secondary N) is 1. The maximum Gasteiger partial charge on any atom is 0.360 e. The van der Waals surface area contributed by atoms with Crippen LogP contribution in [-0.2, 0) is 19.6 Å². The van der Waals surface area contributed by atoms with Gasteiger partial charge in [0.1, 0.15) is 0 Å². The molecule has 1 aromatic carbocycles. The minimum absolute atomic E-state index is 0.173. The lowest BCUT2D eigenvalue weighted by Crippen LogP contribution is -2.48. The van der Waals surface area contributed by atoms with Gasteiger partial charge in [0.15, 0.2) is 0 Å². The Balaban J connectivity index is 3.33. The number of carbonyl (C=O) groups excluding carboxylic acids is 1. The molecule has 0 unspecified atom stereocenters. The van der Waals surface area contributed by atoms with Crippen LogP contribution in [0.4, 0.5) is 8.78 Å². The molecular formula is C17H22F2N2O4S. The van der Waals surface area contributed by atoms with Gasteiger partial charge in [-0.25, -0.2) is 4.79 Å². The van der Waals surface area contributed by atoms with Crippen LogP contribution in [0.25, 0.3) is 0 Å². The lowest BCUT2D eigenvalue weighted by Gasteiger charge is -2.30. The summed E-state index contributed by atoms with van der Waals surface area (Å²) in [5.41, 5.74) is -2.40. The van der Waals surface area contributed by atoms with Crippen LogP contribution in [0, 0.1) is 12.3 Å². The third kappa shape index (κ3) is 4.66. The molecule has 6 nitrogen and oxygen atoms in total. The summed E-state index contributed by atoms with van der Waals surface area (Å²) in [6, 6.07) is 5.67. The Kier molecular flexibility index (Phi) is 6.65. The molecule has 0 aliphatic carbocycles. The Hall–Kier alpha value is -2.29. The highest BCUT2D eigenvalue weighted by Crippen LogP contribution is 2.38. The molecular weight excluding hydrogens is 366 g/mol. The molecule has 1 N–H and O–H groups in total. The second kappa shape index (κ2) is 7.94. The Bertz CT molecular complexity index is 801. The van der Waals surface area contributed by atoms with Gasteiger partial charge in [0.2, 0.25) is 5.71 Å². The number of rotatable bonds is 8. The van der Waals surface area contributed by atoms with Crippen LogP contribution in [0.15, 0.2) is 46.9 Å². The van der Waals surface area contributed by atoms with E-state index in [1.165, 1.54) is 19.1 Å². The normalized spacial score (nSPS) is 13.2. The minimum atomic E-state index is -4.24. The Morgan fingerprint density at radius 1 is 1.31 bits per heavy atom. The number of carbonyl (C=O) groups is 1. The van der Waals surface area contributed by atoms with Crippen molar-refractivity contribution in [2.45, 2.75) is 38.5 Å². The second-order valence-electron chi connectivity index (χ2n) is 6.09. The minimum Gasteiger partial charge on any atom is -0.461 e. The zero-order valence-electron chi connectivity index (χ0n) is 15.0. The molecule has 0 saturated heterocycles. The van der Waals surface area contributed by atoms with Crippen LogP contribution < -0.4 is 4.83 Å². The van der Waals surface area contributed by atoms with E-state index < -0.39 is 33.0 Å². The number of nitrogens with zero attached hydrogens (tertiary/aromatic N) is 1. The average molecular weight is 388 g/mol. The maximum atomic E-state index is 14.7. The molecule has 0 aromatic heterocycles. The van der Waals surface area contributed by atoms with Crippen LogP contribution in [0.5, 0.6) is 0 Å². The summed E-state index contributed by atoms with van der Waals surface area (Å²) in [6.45, 7) is 8.63. The number of esters is 1. The molecule has 0 fully saturated rings. The summed E-state index contributed by atoms with van der Waals surface area (Å²) < 4.78 is 58.5. The first-order valence-corrected chi connectivity index (χ1v) is 9.22. The smallest absolute Gasteiger partial charge is 0.360 e. The first-order valence-electron chi connectivity index (χ1n) is 7.74. The summed E-state index contributed by atoms with van der Waals surface area (Å²) in [4.78, 5) is 13.5. The van der Waals surface area contributed by atoms with Crippen molar-refractivity contribution in [3.8, 4) is 0 Å². The SMILES string of the molecule is C=CC(C)(C)C(F)(F)/C(=N\NS(=O)(=O)c1ccc(C)cc1)C(=O)OCC. The monoisotopic (exact) mass is 388 g/mol. The molecule has 0 radical (unpaired) electrons. The van der Waals surface area contributed by atoms with Crippen molar-refractivity contribution in [2.75, 3.05) is 6.61 Å². The third-order valence-corrected chi connectivity index (χ3v) is 4.92. The summed E-state index contributed by atoms with van der Waals surface area (Å²) in [5, 5.41) is 3.21. The number of hydrazone groups is 1. The molecule has 0 saturated carbocycles. The maximum absolute atomic E-state index is 14.7. The van der Waals surface area contributed by atoms with Gasteiger partial charge in [-0.05, 0) is 26.0 Å². The van der Waals surface area contributed by atoms with E-state index in [1.807, 2.05) is 0 Å². The lowest BCUT2D eigenvalue weighted by atomic mass is 9.83. The second-order valence-corrected chi connectivity index (χ2v) is 7.75. The fraction of sp³-hybridized carbons (Fsp3) is 0.412. The van der Waals surface area contributed by atoms with Crippen molar-refractivity contribution < 1.29 is 26.7 Å².